The molecule has 2 N–H and O–H groups in total. The molecule has 1 aromatic heterocycles. The van der Waals surface area contributed by atoms with Crippen LogP contribution in [0.5, 0.6) is 0 Å². The second-order valence-corrected chi connectivity index (χ2v) is 7.21. The molecule has 0 bridgehead atoms. The lowest BCUT2D eigenvalue weighted by molar-refractivity contribution is 0.867. The van der Waals surface area contributed by atoms with Crippen LogP contribution in [0.2, 0.25) is 0 Å². The standard InChI is InChI=1S/C10H16N2S3/c1-7-9(14-5-4-13-7)10-12-8(2-3-11)6-15-10/h6-7,9H,2-5,11H2,1H3. The topological polar surface area (TPSA) is 38.9 Å². The number of aromatic nitrogens is 1. The Hall–Kier alpha value is 0.290. The van der Waals surface area contributed by atoms with Gasteiger partial charge in [0.05, 0.1) is 10.9 Å². The molecule has 0 aromatic carbocycles. The summed E-state index contributed by atoms with van der Waals surface area (Å²) in [5, 5.41) is 4.75. The second kappa shape index (κ2) is 5.57. The molecule has 2 unspecified atom stereocenters. The van der Waals surface area contributed by atoms with E-state index in [0.29, 0.717) is 17.0 Å². The van der Waals surface area contributed by atoms with Crippen LogP contribution in [0.4, 0.5) is 0 Å². The van der Waals surface area contributed by atoms with Crippen molar-refractivity contribution < 1.29 is 0 Å². The van der Waals surface area contributed by atoms with Gasteiger partial charge in [-0.2, -0.15) is 11.8 Å². The van der Waals surface area contributed by atoms with E-state index in [-0.39, 0.29) is 0 Å². The highest BCUT2D eigenvalue weighted by atomic mass is 32.2. The average molecular weight is 260 g/mol. The van der Waals surface area contributed by atoms with Gasteiger partial charge in [0.2, 0.25) is 0 Å². The van der Waals surface area contributed by atoms with Crippen molar-refractivity contribution in [1.82, 2.24) is 4.98 Å². The van der Waals surface area contributed by atoms with Gasteiger partial charge in [-0.1, -0.05) is 6.92 Å². The van der Waals surface area contributed by atoms with Gasteiger partial charge in [0, 0.05) is 28.6 Å². The minimum absolute atomic E-state index is 0.597. The molecule has 5 heteroatoms. The maximum absolute atomic E-state index is 5.53. The van der Waals surface area contributed by atoms with Crippen molar-refractivity contribution in [3.63, 3.8) is 0 Å². The Kier molecular flexibility index (Phi) is 4.37. The number of rotatable bonds is 3. The second-order valence-electron chi connectivity index (χ2n) is 3.58. The molecule has 84 valence electrons. The molecule has 2 rings (SSSR count). The first-order valence-corrected chi connectivity index (χ1v) is 8.16. The maximum atomic E-state index is 5.53. The molecular weight excluding hydrogens is 244 g/mol. The van der Waals surface area contributed by atoms with Crippen LogP contribution in [0, 0.1) is 0 Å². The Morgan fingerprint density at radius 3 is 3.00 bits per heavy atom. The number of nitrogens with two attached hydrogens (primary N) is 1. The molecule has 0 spiro atoms. The molecule has 0 saturated carbocycles. The van der Waals surface area contributed by atoms with Crippen molar-refractivity contribution in [1.29, 1.82) is 0 Å². The van der Waals surface area contributed by atoms with E-state index in [1.807, 2.05) is 0 Å². The fourth-order valence-corrected chi connectivity index (χ4v) is 5.65. The van der Waals surface area contributed by atoms with Gasteiger partial charge >= 0.3 is 0 Å². The van der Waals surface area contributed by atoms with Crippen LogP contribution in [0.3, 0.4) is 0 Å². The van der Waals surface area contributed by atoms with Crippen LogP contribution >= 0.6 is 34.9 Å². The molecule has 1 fully saturated rings. The van der Waals surface area contributed by atoms with E-state index < -0.39 is 0 Å². The fourth-order valence-electron chi connectivity index (χ4n) is 1.62. The van der Waals surface area contributed by atoms with Crippen LogP contribution < -0.4 is 5.73 Å². The summed E-state index contributed by atoms with van der Waals surface area (Å²) in [7, 11) is 0. The van der Waals surface area contributed by atoms with Gasteiger partial charge in [0.1, 0.15) is 5.01 Å². The van der Waals surface area contributed by atoms with Gasteiger partial charge in [0.25, 0.3) is 0 Å². The van der Waals surface area contributed by atoms with Crippen molar-refractivity contribution in [3.8, 4) is 0 Å². The zero-order chi connectivity index (χ0) is 10.7. The Morgan fingerprint density at radius 2 is 2.27 bits per heavy atom. The lowest BCUT2D eigenvalue weighted by Gasteiger charge is -2.25. The Morgan fingerprint density at radius 1 is 1.47 bits per heavy atom. The van der Waals surface area contributed by atoms with Crippen molar-refractivity contribution in [2.75, 3.05) is 18.1 Å². The van der Waals surface area contributed by atoms with Gasteiger partial charge in [-0.15, -0.1) is 23.1 Å². The molecule has 15 heavy (non-hydrogen) atoms. The Balaban J connectivity index is 2.06. The van der Waals surface area contributed by atoms with Crippen LogP contribution in [0.1, 0.15) is 22.9 Å². The number of hydrogen-bond acceptors (Lipinski definition) is 5. The lowest BCUT2D eigenvalue weighted by atomic mass is 10.3. The summed E-state index contributed by atoms with van der Waals surface area (Å²) in [6.07, 6.45) is 0.912. The predicted octanol–water partition coefficient (Wildman–Crippen LogP) is 2.55. The first kappa shape index (κ1) is 11.8. The first-order valence-electron chi connectivity index (χ1n) is 5.19. The third kappa shape index (κ3) is 2.90. The Labute approximate surface area is 103 Å². The van der Waals surface area contributed by atoms with E-state index in [9.17, 15) is 0 Å². The predicted molar refractivity (Wildman–Crippen MR) is 72.0 cm³/mol. The number of hydrogen-bond donors (Lipinski definition) is 1. The molecule has 2 atom stereocenters. The SMILES string of the molecule is CC1SCCSC1c1nc(CCN)cs1. The summed E-state index contributed by atoms with van der Waals surface area (Å²) >= 11 is 5.92. The van der Waals surface area contributed by atoms with E-state index in [1.165, 1.54) is 22.2 Å². The normalized spacial score (nSPS) is 26.8. The highest BCUT2D eigenvalue weighted by Gasteiger charge is 2.26. The zero-order valence-corrected chi connectivity index (χ0v) is 11.3. The summed E-state index contributed by atoms with van der Waals surface area (Å²) in [6.45, 7) is 3.01. The van der Waals surface area contributed by atoms with E-state index >= 15 is 0 Å². The third-order valence-corrected chi connectivity index (χ3v) is 6.63. The summed E-state index contributed by atoms with van der Waals surface area (Å²) in [4.78, 5) is 4.68. The minimum Gasteiger partial charge on any atom is -0.330 e. The first-order chi connectivity index (χ1) is 7.31. The Bertz CT molecular complexity index is 313. The lowest BCUT2D eigenvalue weighted by Crippen LogP contribution is -2.15. The summed E-state index contributed by atoms with van der Waals surface area (Å²) < 4.78 is 0. The maximum Gasteiger partial charge on any atom is 0.107 e. The molecule has 0 amide bonds. The van der Waals surface area contributed by atoms with Crippen molar-refractivity contribution in [2.24, 2.45) is 5.73 Å². The van der Waals surface area contributed by atoms with Gasteiger partial charge in [0.15, 0.2) is 0 Å². The van der Waals surface area contributed by atoms with Gasteiger partial charge in [-0.05, 0) is 6.54 Å². The van der Waals surface area contributed by atoms with Crippen molar-refractivity contribution in [2.45, 2.75) is 23.8 Å². The largest absolute Gasteiger partial charge is 0.330 e. The van der Waals surface area contributed by atoms with E-state index in [4.69, 9.17) is 5.73 Å². The van der Waals surface area contributed by atoms with Crippen LogP contribution in [0.25, 0.3) is 0 Å². The molecule has 1 aromatic rings. The average Bonchev–Trinajstić information content (AvgIpc) is 2.68. The number of thiazole rings is 1. The van der Waals surface area contributed by atoms with E-state index in [1.54, 1.807) is 11.3 Å². The van der Waals surface area contributed by atoms with Gasteiger partial charge in [-0.3, -0.25) is 0 Å². The number of nitrogens with zero attached hydrogens (tertiary/aromatic N) is 1. The molecular formula is C10H16N2S3. The smallest absolute Gasteiger partial charge is 0.107 e. The quantitative estimate of drug-likeness (QED) is 0.906. The van der Waals surface area contributed by atoms with Crippen LogP contribution in [-0.4, -0.2) is 28.3 Å². The highest BCUT2D eigenvalue weighted by Crippen LogP contribution is 2.43. The van der Waals surface area contributed by atoms with E-state index in [2.05, 4.69) is 40.8 Å². The molecule has 1 aliphatic heterocycles. The van der Waals surface area contributed by atoms with Crippen LogP contribution in [0.15, 0.2) is 5.38 Å². The van der Waals surface area contributed by atoms with Gasteiger partial charge < -0.3 is 5.73 Å². The summed E-state index contributed by atoms with van der Waals surface area (Å²) in [5.41, 5.74) is 6.70. The highest BCUT2D eigenvalue weighted by molar-refractivity contribution is 8.06. The minimum atomic E-state index is 0.597. The van der Waals surface area contributed by atoms with Gasteiger partial charge in [-0.25, -0.2) is 4.98 Å². The molecule has 0 radical (unpaired) electrons. The molecule has 1 saturated heterocycles. The summed E-state index contributed by atoms with van der Waals surface area (Å²) in [6, 6.07) is 0. The van der Waals surface area contributed by atoms with Crippen LogP contribution in [-0.2, 0) is 6.42 Å². The molecule has 2 heterocycles. The van der Waals surface area contributed by atoms with Crippen molar-refractivity contribution >= 4 is 34.9 Å². The zero-order valence-electron chi connectivity index (χ0n) is 8.81. The third-order valence-electron chi connectivity index (χ3n) is 2.40. The fraction of sp³-hybridized carbons (Fsp3) is 0.700. The monoisotopic (exact) mass is 260 g/mol. The van der Waals surface area contributed by atoms with Crippen molar-refractivity contribution in [3.05, 3.63) is 16.1 Å². The summed E-state index contributed by atoms with van der Waals surface area (Å²) in [5.74, 6) is 2.54. The molecule has 1 aliphatic rings. The van der Waals surface area contributed by atoms with E-state index in [0.717, 1.165) is 6.42 Å². The molecule has 0 aliphatic carbocycles. The number of thioether (sulfide) groups is 2. The molecule has 2 nitrogen and oxygen atoms in total.